The van der Waals surface area contributed by atoms with Gasteiger partial charge in [0.2, 0.25) is 0 Å². The maximum atomic E-state index is 6.32. The predicted molar refractivity (Wildman–Crippen MR) is 54.7 cm³/mol. The molecule has 0 N–H and O–H groups in total. The van der Waals surface area contributed by atoms with Crippen LogP contribution >= 0.6 is 22.2 Å². The van der Waals surface area contributed by atoms with Gasteiger partial charge >= 0.3 is 0 Å². The highest BCUT2D eigenvalue weighted by molar-refractivity contribution is 7.47. The summed E-state index contributed by atoms with van der Waals surface area (Å²) in [6.45, 7) is 6.59. The Labute approximate surface area is 79.0 Å². The van der Waals surface area contributed by atoms with Gasteiger partial charge in [-0.05, 0) is 24.9 Å². The minimum atomic E-state index is -2.00. The van der Waals surface area contributed by atoms with Crippen molar-refractivity contribution in [3.63, 3.8) is 0 Å². The third-order valence-electron chi connectivity index (χ3n) is 3.08. The summed E-state index contributed by atoms with van der Waals surface area (Å²) in [6, 6.07) is 0. The minimum absolute atomic E-state index is 0.431. The van der Waals surface area contributed by atoms with Crippen molar-refractivity contribution in [3.8, 4) is 0 Å². The van der Waals surface area contributed by atoms with E-state index in [0.29, 0.717) is 11.1 Å². The lowest BCUT2D eigenvalue weighted by atomic mass is 10.1. The smallest absolute Gasteiger partial charge is 0.145 e. The van der Waals surface area contributed by atoms with E-state index in [1.54, 1.807) is 0 Å². The normalized spacial score (nSPS) is 36.5. The first-order valence-electron chi connectivity index (χ1n) is 3.94. The molecule has 3 heteroatoms. The van der Waals surface area contributed by atoms with Crippen molar-refractivity contribution >= 4 is 28.9 Å². The first-order valence-corrected chi connectivity index (χ1v) is 8.12. The highest BCUT2D eigenvalue weighted by atomic mass is 35.7. The summed E-state index contributed by atoms with van der Waals surface area (Å²) < 4.78 is 0. The second-order valence-electron chi connectivity index (χ2n) is 3.48. The van der Waals surface area contributed by atoms with Gasteiger partial charge in [-0.15, -0.1) is 22.2 Å². The lowest BCUT2D eigenvalue weighted by molar-refractivity contribution is 1.06. The van der Waals surface area contributed by atoms with Gasteiger partial charge in [-0.3, -0.25) is 0 Å². The quantitative estimate of drug-likeness (QED) is 0.321. The van der Waals surface area contributed by atoms with Crippen molar-refractivity contribution in [1.82, 2.24) is 0 Å². The summed E-state index contributed by atoms with van der Waals surface area (Å²) in [5, 5.41) is 0. The number of hydrogen-bond donors (Lipinski definition) is 0. The first-order chi connectivity index (χ1) is 4.89. The van der Waals surface area contributed by atoms with Crippen LogP contribution in [0.25, 0.3) is 0 Å². The van der Waals surface area contributed by atoms with E-state index < -0.39 is 6.69 Å². The van der Waals surface area contributed by atoms with Crippen LogP contribution in [0.5, 0.6) is 0 Å². The van der Waals surface area contributed by atoms with Gasteiger partial charge in [0.25, 0.3) is 6.69 Å². The second-order valence-corrected chi connectivity index (χ2v) is 10.9. The monoisotopic (exact) mass is 208 g/mol. The summed E-state index contributed by atoms with van der Waals surface area (Å²) in [5.41, 5.74) is 3.69. The van der Waals surface area contributed by atoms with Gasteiger partial charge in [0.15, 0.2) is 0 Å². The topological polar surface area (TPSA) is 0 Å². The molecule has 1 aliphatic rings. The first kappa shape index (κ1) is 9.62. The van der Waals surface area contributed by atoms with Crippen molar-refractivity contribution in [2.45, 2.75) is 38.8 Å². The van der Waals surface area contributed by atoms with E-state index in [1.807, 2.05) is 0 Å². The molecule has 2 unspecified atom stereocenters. The van der Waals surface area contributed by atoms with Gasteiger partial charge in [-0.2, -0.15) is 0 Å². The zero-order chi connectivity index (χ0) is 8.81. The van der Waals surface area contributed by atoms with Crippen LogP contribution in [0, 0.1) is 0 Å². The average Bonchev–Trinajstić information content (AvgIpc) is 2.06. The molecule has 0 saturated carbocycles. The Morgan fingerprint density at radius 3 is 1.36 bits per heavy atom. The summed E-state index contributed by atoms with van der Waals surface area (Å²) in [4.78, 5) is 0. The number of rotatable bonds is 0. The van der Waals surface area contributed by atoms with Crippen LogP contribution in [-0.2, 0) is 0 Å². The summed E-state index contributed by atoms with van der Waals surface area (Å²) in [5.74, 6) is 0. The average molecular weight is 209 g/mol. The lowest BCUT2D eigenvalue weighted by Crippen LogP contribution is -2.25. The fourth-order valence-corrected chi connectivity index (χ4v) is 5.96. The van der Waals surface area contributed by atoms with Crippen molar-refractivity contribution < 1.29 is 0 Å². The van der Waals surface area contributed by atoms with Crippen molar-refractivity contribution in [1.29, 1.82) is 0 Å². The Hall–Kier alpha value is 0.537. The van der Waals surface area contributed by atoms with E-state index in [2.05, 4.69) is 27.7 Å². The molecule has 0 radical (unpaired) electrons. The lowest BCUT2D eigenvalue weighted by Gasteiger charge is -2.21. The van der Waals surface area contributed by atoms with Crippen molar-refractivity contribution in [2.75, 3.05) is 0 Å². The largest absolute Gasteiger partial charge is 0.264 e. The molecular formula is C8H14Cl2Si. The Balaban J connectivity index is 3.02. The van der Waals surface area contributed by atoms with Gasteiger partial charge in [0.05, 0.1) is 0 Å². The Bertz CT molecular complexity index is 188. The van der Waals surface area contributed by atoms with Crippen molar-refractivity contribution in [3.05, 3.63) is 11.1 Å². The molecule has 0 amide bonds. The molecule has 0 saturated heterocycles. The van der Waals surface area contributed by atoms with E-state index >= 15 is 0 Å². The highest BCUT2D eigenvalue weighted by Crippen LogP contribution is 2.54. The van der Waals surface area contributed by atoms with Gasteiger partial charge in [0.1, 0.15) is 0 Å². The zero-order valence-corrected chi connectivity index (χ0v) is 9.92. The van der Waals surface area contributed by atoms with E-state index in [9.17, 15) is 0 Å². The van der Waals surface area contributed by atoms with Gasteiger partial charge < -0.3 is 0 Å². The maximum Gasteiger partial charge on any atom is 0.264 e. The van der Waals surface area contributed by atoms with E-state index in [4.69, 9.17) is 22.2 Å². The second kappa shape index (κ2) is 2.79. The Kier molecular flexibility index (Phi) is 2.44. The van der Waals surface area contributed by atoms with Gasteiger partial charge in [-0.1, -0.05) is 25.0 Å². The van der Waals surface area contributed by atoms with Crippen LogP contribution in [0.3, 0.4) is 0 Å². The van der Waals surface area contributed by atoms with Crippen LogP contribution in [0.4, 0.5) is 0 Å². The van der Waals surface area contributed by atoms with Crippen LogP contribution in [0.1, 0.15) is 27.7 Å². The molecule has 0 fully saturated rings. The molecule has 0 bridgehead atoms. The molecule has 2 atom stereocenters. The third kappa shape index (κ3) is 1.28. The summed E-state index contributed by atoms with van der Waals surface area (Å²) >= 11 is 12.6. The molecular weight excluding hydrogens is 195 g/mol. The maximum absolute atomic E-state index is 6.32. The van der Waals surface area contributed by atoms with Crippen LogP contribution < -0.4 is 0 Å². The molecule has 0 aliphatic carbocycles. The number of hydrogen-bond acceptors (Lipinski definition) is 0. The molecule has 0 aromatic rings. The fraction of sp³-hybridized carbons (Fsp3) is 0.750. The molecule has 1 aliphatic heterocycles. The fourth-order valence-electron chi connectivity index (χ4n) is 1.64. The molecule has 1 rings (SSSR count). The van der Waals surface area contributed by atoms with Crippen molar-refractivity contribution in [2.24, 2.45) is 0 Å². The van der Waals surface area contributed by atoms with Gasteiger partial charge in [-0.25, -0.2) is 0 Å². The van der Waals surface area contributed by atoms with E-state index in [-0.39, 0.29) is 0 Å². The SMILES string of the molecule is CC1=C(C)C(C)[Si](Cl)(Cl)C1C. The number of allylic oxidation sites excluding steroid dienone is 2. The molecule has 11 heavy (non-hydrogen) atoms. The molecule has 0 nitrogen and oxygen atoms in total. The molecule has 64 valence electrons. The third-order valence-corrected chi connectivity index (χ3v) is 10.2. The van der Waals surface area contributed by atoms with E-state index in [1.165, 1.54) is 11.1 Å². The molecule has 0 aromatic heterocycles. The van der Waals surface area contributed by atoms with Crippen LogP contribution in [-0.4, -0.2) is 6.69 Å². The molecule has 0 aromatic carbocycles. The number of halogens is 2. The Morgan fingerprint density at radius 1 is 1.00 bits per heavy atom. The van der Waals surface area contributed by atoms with E-state index in [0.717, 1.165) is 0 Å². The predicted octanol–water partition coefficient (Wildman–Crippen LogP) is 4.04. The molecule has 0 spiro atoms. The Morgan fingerprint density at radius 2 is 1.27 bits per heavy atom. The highest BCUT2D eigenvalue weighted by Gasteiger charge is 2.48. The van der Waals surface area contributed by atoms with Gasteiger partial charge in [0, 0.05) is 0 Å². The summed E-state index contributed by atoms with van der Waals surface area (Å²) in [6.07, 6.45) is 0. The standard InChI is InChI=1S/C8H14Cl2Si/c1-5-6(2)8(4)11(9,10)7(5)3/h7-8H,1-4H3. The summed E-state index contributed by atoms with van der Waals surface area (Å²) in [7, 11) is 0. The molecule has 1 heterocycles. The van der Waals surface area contributed by atoms with Crippen LogP contribution in [0.2, 0.25) is 11.1 Å². The zero-order valence-electron chi connectivity index (χ0n) is 7.41. The van der Waals surface area contributed by atoms with Crippen LogP contribution in [0.15, 0.2) is 11.1 Å². The minimum Gasteiger partial charge on any atom is -0.145 e.